The van der Waals surface area contributed by atoms with Crippen molar-refractivity contribution < 1.29 is 0 Å². The second-order valence-corrected chi connectivity index (χ2v) is 7.96. The molecule has 6 heteroatoms. The third-order valence-electron chi connectivity index (χ3n) is 5.23. The van der Waals surface area contributed by atoms with E-state index < -0.39 is 0 Å². The molecule has 4 rings (SSSR count). The van der Waals surface area contributed by atoms with Crippen molar-refractivity contribution in [3.63, 3.8) is 0 Å². The lowest BCUT2D eigenvalue weighted by Gasteiger charge is -2.30. The summed E-state index contributed by atoms with van der Waals surface area (Å²) in [6.07, 6.45) is 12.9. The average Bonchev–Trinajstić information content (AvgIpc) is 3.04. The molecule has 5 nitrogen and oxygen atoms in total. The van der Waals surface area contributed by atoms with Gasteiger partial charge in [0.1, 0.15) is 4.60 Å². The zero-order chi connectivity index (χ0) is 17.9. The van der Waals surface area contributed by atoms with Crippen molar-refractivity contribution in [1.82, 2.24) is 14.4 Å². The van der Waals surface area contributed by atoms with E-state index in [-0.39, 0.29) is 0 Å². The Hall–Kier alpha value is -2.08. The molecular weight excluding hydrogens is 390 g/mol. The van der Waals surface area contributed by atoms with Gasteiger partial charge in [-0.1, -0.05) is 25.8 Å². The normalized spacial score (nSPS) is 20.2. The number of aromatic nitrogens is 3. The van der Waals surface area contributed by atoms with E-state index in [1.54, 1.807) is 6.20 Å². The third-order valence-corrected chi connectivity index (χ3v) is 5.82. The molecule has 3 aromatic rings. The quantitative estimate of drug-likeness (QED) is 0.610. The maximum Gasteiger partial charge on any atom is 0.161 e. The second kappa shape index (κ2) is 7.66. The molecule has 0 bridgehead atoms. The van der Waals surface area contributed by atoms with Crippen LogP contribution in [0.15, 0.2) is 47.6 Å². The van der Waals surface area contributed by atoms with Crippen LogP contribution < -0.4 is 10.6 Å². The second-order valence-electron chi connectivity index (χ2n) is 7.14. The van der Waals surface area contributed by atoms with Crippen LogP contribution in [-0.4, -0.2) is 20.4 Å². The zero-order valence-electron chi connectivity index (χ0n) is 15.0. The molecule has 3 aromatic heterocycles. The van der Waals surface area contributed by atoms with Gasteiger partial charge in [-0.3, -0.25) is 9.38 Å². The number of nitrogens with zero attached hydrogens (tertiary/aromatic N) is 3. The summed E-state index contributed by atoms with van der Waals surface area (Å²) in [6, 6.07) is 6.74. The number of fused-ring (bicyclic) bond motifs is 1. The van der Waals surface area contributed by atoms with Crippen molar-refractivity contribution in [3.8, 4) is 0 Å². The number of pyridine rings is 2. The number of hydrogen-bond acceptors (Lipinski definition) is 4. The van der Waals surface area contributed by atoms with Crippen LogP contribution in [-0.2, 0) is 6.54 Å². The van der Waals surface area contributed by atoms with Gasteiger partial charge in [0.25, 0.3) is 0 Å². The summed E-state index contributed by atoms with van der Waals surface area (Å²) in [4.78, 5) is 8.73. The molecule has 1 saturated carbocycles. The molecule has 0 spiro atoms. The first kappa shape index (κ1) is 17.3. The summed E-state index contributed by atoms with van der Waals surface area (Å²) >= 11 is 3.60. The lowest BCUT2D eigenvalue weighted by molar-refractivity contribution is 0.349. The highest BCUT2D eigenvalue weighted by Crippen LogP contribution is 2.30. The molecule has 26 heavy (non-hydrogen) atoms. The summed E-state index contributed by atoms with van der Waals surface area (Å²) < 4.78 is 3.04. The molecule has 0 saturated heterocycles. The Kier molecular flexibility index (Phi) is 5.11. The Bertz CT molecular complexity index is 877. The van der Waals surface area contributed by atoms with Crippen molar-refractivity contribution in [2.75, 3.05) is 10.6 Å². The standard InChI is InChI=1S/C20H24BrN5/c1-14-5-2-3-7-17(14)25-16-9-18(20-24-12-19(21)26(20)13-16)23-11-15-6-4-8-22-10-15/h4,6,8-10,12-14,17,23,25H,2-3,5,7,11H2,1H3/t14?,17-/m0/s1. The summed E-state index contributed by atoms with van der Waals surface area (Å²) in [7, 11) is 0. The molecule has 0 aliphatic heterocycles. The molecule has 2 N–H and O–H groups in total. The van der Waals surface area contributed by atoms with E-state index in [0.717, 1.165) is 33.7 Å². The van der Waals surface area contributed by atoms with Crippen molar-refractivity contribution in [2.24, 2.45) is 5.92 Å². The highest BCUT2D eigenvalue weighted by molar-refractivity contribution is 9.10. The van der Waals surface area contributed by atoms with Crippen LogP contribution >= 0.6 is 15.9 Å². The molecule has 0 amide bonds. The molecule has 0 radical (unpaired) electrons. The Labute approximate surface area is 162 Å². The lowest BCUT2D eigenvalue weighted by atomic mass is 9.86. The van der Waals surface area contributed by atoms with Crippen LogP contribution in [0, 0.1) is 5.92 Å². The first-order valence-corrected chi connectivity index (χ1v) is 10.1. The predicted molar refractivity (Wildman–Crippen MR) is 109 cm³/mol. The molecule has 1 unspecified atom stereocenters. The SMILES string of the molecule is CC1CCCC[C@@H]1Nc1cc(NCc2cccnc2)c2ncc(Br)n2c1. The first-order chi connectivity index (χ1) is 12.7. The van der Waals surface area contributed by atoms with Crippen LogP contribution in [0.4, 0.5) is 11.4 Å². The number of halogens is 1. The Morgan fingerprint density at radius 1 is 1.27 bits per heavy atom. The Balaban J connectivity index is 1.60. The summed E-state index contributed by atoms with van der Waals surface area (Å²) in [6.45, 7) is 3.07. The van der Waals surface area contributed by atoms with Crippen molar-refractivity contribution in [1.29, 1.82) is 0 Å². The molecule has 1 fully saturated rings. The minimum Gasteiger partial charge on any atom is -0.381 e. The van der Waals surface area contributed by atoms with Gasteiger partial charge in [0.15, 0.2) is 5.65 Å². The zero-order valence-corrected chi connectivity index (χ0v) is 16.5. The fourth-order valence-electron chi connectivity index (χ4n) is 3.71. The van der Waals surface area contributed by atoms with Gasteiger partial charge in [-0.25, -0.2) is 4.98 Å². The van der Waals surface area contributed by atoms with Crippen LogP contribution in [0.25, 0.3) is 5.65 Å². The highest BCUT2D eigenvalue weighted by Gasteiger charge is 2.21. The van der Waals surface area contributed by atoms with Gasteiger partial charge in [-0.15, -0.1) is 0 Å². The Morgan fingerprint density at radius 2 is 2.15 bits per heavy atom. The van der Waals surface area contributed by atoms with Crippen LogP contribution in [0.1, 0.15) is 38.2 Å². The highest BCUT2D eigenvalue weighted by atomic mass is 79.9. The molecule has 136 valence electrons. The average molecular weight is 414 g/mol. The number of nitrogens with one attached hydrogen (secondary N) is 2. The van der Waals surface area contributed by atoms with Gasteiger partial charge in [0.05, 0.1) is 17.6 Å². The minimum atomic E-state index is 0.537. The fraction of sp³-hybridized carbons (Fsp3) is 0.400. The van der Waals surface area contributed by atoms with Crippen molar-refractivity contribution >= 4 is 33.0 Å². The largest absolute Gasteiger partial charge is 0.381 e. The van der Waals surface area contributed by atoms with Crippen molar-refractivity contribution in [3.05, 3.63) is 53.2 Å². The molecule has 2 atom stereocenters. The van der Waals surface area contributed by atoms with Gasteiger partial charge in [-0.05, 0) is 52.4 Å². The van der Waals surface area contributed by atoms with Crippen LogP contribution in [0.2, 0.25) is 0 Å². The van der Waals surface area contributed by atoms with Gasteiger partial charge in [0.2, 0.25) is 0 Å². The van der Waals surface area contributed by atoms with E-state index >= 15 is 0 Å². The number of hydrogen-bond donors (Lipinski definition) is 2. The van der Waals surface area contributed by atoms with Crippen LogP contribution in [0.5, 0.6) is 0 Å². The maximum atomic E-state index is 4.54. The summed E-state index contributed by atoms with van der Waals surface area (Å²) in [5, 5.41) is 7.28. The minimum absolute atomic E-state index is 0.537. The van der Waals surface area contributed by atoms with E-state index in [1.807, 2.05) is 18.5 Å². The van der Waals surface area contributed by atoms with Gasteiger partial charge >= 0.3 is 0 Å². The van der Waals surface area contributed by atoms with Gasteiger partial charge < -0.3 is 10.6 Å². The van der Waals surface area contributed by atoms with E-state index in [4.69, 9.17) is 0 Å². The van der Waals surface area contributed by atoms with Gasteiger partial charge in [0, 0.05) is 31.2 Å². The Morgan fingerprint density at radius 3 is 2.96 bits per heavy atom. The molecule has 1 aliphatic carbocycles. The maximum absolute atomic E-state index is 4.54. The molecular formula is C20H24BrN5. The van der Waals surface area contributed by atoms with Crippen molar-refractivity contribution in [2.45, 2.75) is 45.2 Å². The lowest BCUT2D eigenvalue weighted by Crippen LogP contribution is -2.30. The monoisotopic (exact) mass is 413 g/mol. The number of rotatable bonds is 5. The summed E-state index contributed by atoms with van der Waals surface area (Å²) in [5.74, 6) is 0.706. The molecule has 0 aromatic carbocycles. The number of imidazole rings is 1. The van der Waals surface area contributed by atoms with E-state index in [1.165, 1.54) is 25.7 Å². The topological polar surface area (TPSA) is 54.2 Å². The van der Waals surface area contributed by atoms with Crippen LogP contribution in [0.3, 0.4) is 0 Å². The summed E-state index contributed by atoms with van der Waals surface area (Å²) in [5.41, 5.74) is 4.22. The van der Waals surface area contributed by atoms with Gasteiger partial charge in [-0.2, -0.15) is 0 Å². The first-order valence-electron chi connectivity index (χ1n) is 9.26. The predicted octanol–water partition coefficient (Wildman–Crippen LogP) is 5.09. The van der Waals surface area contributed by atoms with E-state index in [2.05, 4.69) is 66.2 Å². The van der Waals surface area contributed by atoms with E-state index in [9.17, 15) is 0 Å². The molecule has 1 aliphatic rings. The fourth-order valence-corrected chi connectivity index (χ4v) is 4.08. The smallest absolute Gasteiger partial charge is 0.161 e. The third kappa shape index (κ3) is 3.70. The van der Waals surface area contributed by atoms with E-state index in [0.29, 0.717) is 12.0 Å². The molecule has 3 heterocycles. The number of anilines is 2.